The number of benzene rings is 1. The molecule has 0 aliphatic heterocycles. The zero-order valence-electron chi connectivity index (χ0n) is 11.5. The number of hydrogen-bond donors (Lipinski definition) is 2. The molecule has 0 aromatic heterocycles. The summed E-state index contributed by atoms with van der Waals surface area (Å²) in [6.45, 7) is 6.91. The Morgan fingerprint density at radius 1 is 1.32 bits per heavy atom. The SMILES string of the molecule is CC(CSC(C)(C)CN)c1ccc(S(=O)(=O)O)cc1. The van der Waals surface area contributed by atoms with Crippen LogP contribution in [0.1, 0.15) is 32.3 Å². The molecule has 0 saturated carbocycles. The summed E-state index contributed by atoms with van der Waals surface area (Å²) in [7, 11) is -4.11. The molecule has 0 amide bonds. The molecule has 0 aliphatic carbocycles. The Morgan fingerprint density at radius 2 is 1.84 bits per heavy atom. The van der Waals surface area contributed by atoms with Crippen LogP contribution < -0.4 is 5.73 Å². The standard InChI is InChI=1S/C13H21NO3S2/c1-10(8-18-13(2,3)9-14)11-4-6-12(7-5-11)19(15,16)17/h4-7,10H,8-9,14H2,1-3H3,(H,15,16,17). The van der Waals surface area contributed by atoms with Crippen molar-refractivity contribution in [2.24, 2.45) is 5.73 Å². The van der Waals surface area contributed by atoms with Crippen LogP contribution in [0.25, 0.3) is 0 Å². The third kappa shape index (κ3) is 5.14. The van der Waals surface area contributed by atoms with Crippen molar-refractivity contribution in [1.82, 2.24) is 0 Å². The molecule has 4 nitrogen and oxygen atoms in total. The second-order valence-corrected chi connectivity index (χ2v) is 8.37. The molecule has 6 heteroatoms. The molecule has 0 heterocycles. The van der Waals surface area contributed by atoms with Crippen molar-refractivity contribution in [3.8, 4) is 0 Å². The molecular weight excluding hydrogens is 282 g/mol. The molecule has 0 aliphatic rings. The fraction of sp³-hybridized carbons (Fsp3) is 0.538. The van der Waals surface area contributed by atoms with E-state index in [2.05, 4.69) is 20.8 Å². The molecule has 0 spiro atoms. The van der Waals surface area contributed by atoms with Crippen molar-refractivity contribution in [3.63, 3.8) is 0 Å². The van der Waals surface area contributed by atoms with E-state index in [1.807, 2.05) is 0 Å². The highest BCUT2D eigenvalue weighted by Gasteiger charge is 2.18. The Balaban J connectivity index is 2.71. The largest absolute Gasteiger partial charge is 0.329 e. The number of nitrogens with two attached hydrogens (primary N) is 1. The quantitative estimate of drug-likeness (QED) is 0.789. The first kappa shape index (κ1) is 16.5. The average molecular weight is 303 g/mol. The van der Waals surface area contributed by atoms with Crippen LogP contribution in [0.2, 0.25) is 0 Å². The van der Waals surface area contributed by atoms with Crippen molar-refractivity contribution >= 4 is 21.9 Å². The lowest BCUT2D eigenvalue weighted by Gasteiger charge is -2.24. The molecule has 1 rings (SSSR count). The lowest BCUT2D eigenvalue weighted by molar-refractivity contribution is 0.483. The molecule has 0 fully saturated rings. The molecular formula is C13H21NO3S2. The van der Waals surface area contributed by atoms with E-state index < -0.39 is 10.1 Å². The van der Waals surface area contributed by atoms with Gasteiger partial charge in [-0.05, 0) is 37.5 Å². The minimum absolute atomic E-state index is 0.0443. The molecule has 108 valence electrons. The first-order valence-electron chi connectivity index (χ1n) is 6.07. The third-order valence-corrected chi connectivity index (χ3v) is 5.45. The summed E-state index contributed by atoms with van der Waals surface area (Å²) in [5.41, 5.74) is 6.73. The fourth-order valence-corrected chi connectivity index (χ4v) is 2.97. The van der Waals surface area contributed by atoms with Crippen LogP contribution in [0.4, 0.5) is 0 Å². The molecule has 0 radical (unpaired) electrons. The van der Waals surface area contributed by atoms with Crippen LogP contribution in [0.3, 0.4) is 0 Å². The lowest BCUT2D eigenvalue weighted by atomic mass is 10.0. The number of hydrogen-bond acceptors (Lipinski definition) is 4. The maximum atomic E-state index is 10.9. The summed E-state index contributed by atoms with van der Waals surface area (Å²) < 4.78 is 30.9. The Bertz CT molecular complexity index is 509. The van der Waals surface area contributed by atoms with Crippen LogP contribution in [-0.2, 0) is 10.1 Å². The van der Waals surface area contributed by atoms with Crippen molar-refractivity contribution in [3.05, 3.63) is 29.8 Å². The zero-order valence-corrected chi connectivity index (χ0v) is 13.1. The van der Waals surface area contributed by atoms with Gasteiger partial charge in [0.2, 0.25) is 0 Å². The van der Waals surface area contributed by atoms with Gasteiger partial charge in [-0.25, -0.2) is 0 Å². The van der Waals surface area contributed by atoms with E-state index in [-0.39, 0.29) is 9.64 Å². The van der Waals surface area contributed by atoms with E-state index in [1.54, 1.807) is 23.9 Å². The summed E-state index contributed by atoms with van der Waals surface area (Å²) in [4.78, 5) is -0.0709. The van der Waals surface area contributed by atoms with E-state index in [0.717, 1.165) is 11.3 Å². The van der Waals surface area contributed by atoms with Crippen molar-refractivity contribution in [2.45, 2.75) is 36.3 Å². The molecule has 1 aromatic carbocycles. The summed E-state index contributed by atoms with van der Waals surface area (Å²) >= 11 is 1.80. The van der Waals surface area contributed by atoms with Gasteiger partial charge in [0.1, 0.15) is 0 Å². The van der Waals surface area contributed by atoms with E-state index in [4.69, 9.17) is 10.3 Å². The lowest BCUT2D eigenvalue weighted by Crippen LogP contribution is -2.27. The Morgan fingerprint density at radius 3 is 2.26 bits per heavy atom. The monoisotopic (exact) mass is 303 g/mol. The van der Waals surface area contributed by atoms with Gasteiger partial charge in [-0.15, -0.1) is 0 Å². The first-order chi connectivity index (χ1) is 8.65. The van der Waals surface area contributed by atoms with Gasteiger partial charge in [-0.3, -0.25) is 4.55 Å². The number of rotatable bonds is 6. The van der Waals surface area contributed by atoms with Gasteiger partial charge in [0.25, 0.3) is 10.1 Å². The third-order valence-electron chi connectivity index (χ3n) is 2.96. The second kappa shape index (κ2) is 6.26. The summed E-state index contributed by atoms with van der Waals surface area (Å²) in [6, 6.07) is 6.34. The highest BCUT2D eigenvalue weighted by molar-refractivity contribution is 8.00. The fourth-order valence-electron chi connectivity index (χ4n) is 1.47. The maximum absolute atomic E-state index is 10.9. The summed E-state index contributed by atoms with van der Waals surface area (Å²) in [6.07, 6.45) is 0. The van der Waals surface area contributed by atoms with Crippen LogP contribution in [0.15, 0.2) is 29.2 Å². The van der Waals surface area contributed by atoms with Crippen molar-refractivity contribution < 1.29 is 13.0 Å². The van der Waals surface area contributed by atoms with E-state index in [1.165, 1.54) is 12.1 Å². The number of thioether (sulfide) groups is 1. The van der Waals surface area contributed by atoms with Gasteiger partial charge in [-0.2, -0.15) is 20.2 Å². The predicted molar refractivity (Wildman–Crippen MR) is 80.3 cm³/mol. The molecule has 1 unspecified atom stereocenters. The normalized spacial score (nSPS) is 14.4. The van der Waals surface area contributed by atoms with Crippen LogP contribution in [0, 0.1) is 0 Å². The van der Waals surface area contributed by atoms with E-state index in [0.29, 0.717) is 12.5 Å². The minimum atomic E-state index is -4.11. The van der Waals surface area contributed by atoms with Gasteiger partial charge in [0, 0.05) is 17.0 Å². The van der Waals surface area contributed by atoms with E-state index in [9.17, 15) is 8.42 Å². The average Bonchev–Trinajstić information content (AvgIpc) is 2.35. The van der Waals surface area contributed by atoms with Gasteiger partial charge in [0.15, 0.2) is 0 Å². The first-order valence-corrected chi connectivity index (χ1v) is 8.50. The topological polar surface area (TPSA) is 80.4 Å². The van der Waals surface area contributed by atoms with Gasteiger partial charge in [0.05, 0.1) is 4.90 Å². The van der Waals surface area contributed by atoms with Crippen molar-refractivity contribution in [1.29, 1.82) is 0 Å². The smallest absolute Gasteiger partial charge is 0.294 e. The highest BCUT2D eigenvalue weighted by atomic mass is 32.2. The molecule has 3 N–H and O–H groups in total. The minimum Gasteiger partial charge on any atom is -0.329 e. The summed E-state index contributed by atoms with van der Waals surface area (Å²) in [5, 5.41) is 0. The molecule has 19 heavy (non-hydrogen) atoms. The van der Waals surface area contributed by atoms with Crippen molar-refractivity contribution in [2.75, 3.05) is 12.3 Å². The van der Waals surface area contributed by atoms with E-state index >= 15 is 0 Å². The van der Waals surface area contributed by atoms with Crippen LogP contribution in [-0.4, -0.2) is 30.0 Å². The molecule has 1 atom stereocenters. The van der Waals surface area contributed by atoms with Crippen LogP contribution >= 0.6 is 11.8 Å². The van der Waals surface area contributed by atoms with Crippen LogP contribution in [0.5, 0.6) is 0 Å². The molecule has 1 aromatic rings. The summed E-state index contributed by atoms with van der Waals surface area (Å²) in [5.74, 6) is 1.21. The maximum Gasteiger partial charge on any atom is 0.294 e. The predicted octanol–water partition coefficient (Wildman–Crippen LogP) is 2.51. The Labute approximate surface area is 119 Å². The van der Waals surface area contributed by atoms with Gasteiger partial charge in [-0.1, -0.05) is 19.1 Å². The highest BCUT2D eigenvalue weighted by Crippen LogP contribution is 2.29. The second-order valence-electron chi connectivity index (χ2n) is 5.22. The van der Waals surface area contributed by atoms with Gasteiger partial charge < -0.3 is 5.73 Å². The molecule has 0 saturated heterocycles. The molecule has 0 bridgehead atoms. The Kier molecular flexibility index (Phi) is 5.43. The van der Waals surface area contributed by atoms with Gasteiger partial charge >= 0.3 is 0 Å². The zero-order chi connectivity index (χ0) is 14.7. The Hall–Kier alpha value is -0.560.